The number of rotatable bonds is 4. The lowest BCUT2D eigenvalue weighted by Gasteiger charge is -2.07. The minimum absolute atomic E-state index is 0.264. The molecule has 0 aliphatic carbocycles. The summed E-state index contributed by atoms with van der Waals surface area (Å²) in [5, 5.41) is 1.25. The maximum absolute atomic E-state index is 10.8. The molecule has 2 nitrogen and oxygen atoms in total. The van der Waals surface area contributed by atoms with E-state index in [2.05, 4.69) is 17.0 Å². The number of hydrogen-bond acceptors (Lipinski definition) is 3. The van der Waals surface area contributed by atoms with E-state index in [4.69, 9.17) is 0 Å². The van der Waals surface area contributed by atoms with E-state index < -0.39 is 0 Å². The van der Waals surface area contributed by atoms with Crippen LogP contribution in [0.1, 0.15) is 18.2 Å². The molecule has 0 amide bonds. The third-order valence-electron chi connectivity index (χ3n) is 1.81. The molecule has 0 aliphatic rings. The van der Waals surface area contributed by atoms with Crippen molar-refractivity contribution in [3.63, 3.8) is 0 Å². The van der Waals surface area contributed by atoms with Gasteiger partial charge < -0.3 is 9.69 Å². The van der Waals surface area contributed by atoms with E-state index in [1.807, 2.05) is 14.1 Å². The molecule has 1 rings (SSSR count). The van der Waals surface area contributed by atoms with Crippen molar-refractivity contribution >= 4 is 22.1 Å². The lowest BCUT2D eigenvalue weighted by molar-refractivity contribution is -0.116. The Kier molecular flexibility index (Phi) is 3.48. The number of carbonyl (C=O) groups is 1. The van der Waals surface area contributed by atoms with Crippen LogP contribution in [-0.2, 0) is 11.2 Å². The highest BCUT2D eigenvalue weighted by Gasteiger charge is 2.02. The van der Waals surface area contributed by atoms with Crippen molar-refractivity contribution in [3.8, 4) is 0 Å². The Morgan fingerprint density at radius 3 is 2.62 bits per heavy atom. The number of Topliss-reactive ketones (excluding diaryl/α,β-unsaturated/α-hetero) is 1. The smallest absolute Gasteiger partial charge is 0.130 e. The molecular formula is C10H15NOS. The number of ketones is 1. The average molecular weight is 197 g/mol. The second-order valence-electron chi connectivity index (χ2n) is 3.34. The largest absolute Gasteiger partial charge is 0.370 e. The standard InChI is InChI=1S/C10H15NOS/c1-8(12)4-5-9-6-7-10(13-9)11(2)3/h6-7H,4-5H2,1-3H3. The molecule has 0 N–H and O–H groups in total. The fourth-order valence-electron chi connectivity index (χ4n) is 1.04. The van der Waals surface area contributed by atoms with Crippen LogP contribution in [-0.4, -0.2) is 19.9 Å². The second kappa shape index (κ2) is 4.42. The second-order valence-corrected chi connectivity index (χ2v) is 4.48. The van der Waals surface area contributed by atoms with Gasteiger partial charge in [0.05, 0.1) is 5.00 Å². The average Bonchev–Trinajstić information content (AvgIpc) is 2.48. The lowest BCUT2D eigenvalue weighted by Crippen LogP contribution is -2.05. The van der Waals surface area contributed by atoms with E-state index in [9.17, 15) is 4.79 Å². The summed E-state index contributed by atoms with van der Waals surface area (Å²) in [6.07, 6.45) is 1.54. The van der Waals surface area contributed by atoms with Gasteiger partial charge in [-0.25, -0.2) is 0 Å². The number of nitrogens with zero attached hydrogens (tertiary/aromatic N) is 1. The van der Waals surface area contributed by atoms with Crippen LogP contribution in [0.3, 0.4) is 0 Å². The molecule has 0 atom stereocenters. The van der Waals surface area contributed by atoms with Crippen molar-refractivity contribution in [2.75, 3.05) is 19.0 Å². The van der Waals surface area contributed by atoms with Crippen molar-refractivity contribution in [1.82, 2.24) is 0 Å². The molecule has 1 aromatic rings. The quantitative estimate of drug-likeness (QED) is 0.738. The molecule has 0 radical (unpaired) electrons. The van der Waals surface area contributed by atoms with Crippen LogP contribution in [0, 0.1) is 0 Å². The summed E-state index contributed by atoms with van der Waals surface area (Å²) in [5.74, 6) is 0.264. The molecule has 1 heterocycles. The SMILES string of the molecule is CC(=O)CCc1ccc(N(C)C)s1. The number of aryl methyl sites for hydroxylation is 1. The van der Waals surface area contributed by atoms with Crippen LogP contribution >= 0.6 is 11.3 Å². The molecule has 3 heteroatoms. The van der Waals surface area contributed by atoms with Gasteiger partial charge in [-0.15, -0.1) is 11.3 Å². The summed E-state index contributed by atoms with van der Waals surface area (Å²) in [7, 11) is 4.06. The molecule has 0 unspecified atom stereocenters. The number of hydrogen-bond donors (Lipinski definition) is 0. The first-order valence-electron chi connectivity index (χ1n) is 4.35. The van der Waals surface area contributed by atoms with Crippen molar-refractivity contribution in [2.24, 2.45) is 0 Å². The van der Waals surface area contributed by atoms with Gasteiger partial charge in [0.2, 0.25) is 0 Å². The molecule has 0 bridgehead atoms. The Balaban J connectivity index is 2.54. The highest BCUT2D eigenvalue weighted by atomic mass is 32.1. The summed E-state index contributed by atoms with van der Waals surface area (Å²) in [6, 6.07) is 4.20. The molecule has 0 aromatic carbocycles. The molecule has 0 saturated heterocycles. The number of anilines is 1. The maximum Gasteiger partial charge on any atom is 0.130 e. The zero-order valence-corrected chi connectivity index (χ0v) is 9.15. The van der Waals surface area contributed by atoms with Gasteiger partial charge in [-0.05, 0) is 25.5 Å². The summed E-state index contributed by atoms with van der Waals surface area (Å²) in [4.78, 5) is 14.1. The summed E-state index contributed by atoms with van der Waals surface area (Å²) < 4.78 is 0. The molecule has 0 spiro atoms. The van der Waals surface area contributed by atoms with E-state index in [-0.39, 0.29) is 5.78 Å². The molecule has 0 fully saturated rings. The molecule has 13 heavy (non-hydrogen) atoms. The maximum atomic E-state index is 10.8. The van der Waals surface area contributed by atoms with Gasteiger partial charge in [-0.2, -0.15) is 0 Å². The van der Waals surface area contributed by atoms with Crippen LogP contribution in [0.15, 0.2) is 12.1 Å². The van der Waals surface area contributed by atoms with Crippen LogP contribution < -0.4 is 4.90 Å². The van der Waals surface area contributed by atoms with Gasteiger partial charge in [0.1, 0.15) is 5.78 Å². The van der Waals surface area contributed by atoms with Crippen LogP contribution in [0.4, 0.5) is 5.00 Å². The number of thiophene rings is 1. The number of carbonyl (C=O) groups excluding carboxylic acids is 1. The first-order chi connectivity index (χ1) is 6.09. The fourth-order valence-corrected chi connectivity index (χ4v) is 1.97. The zero-order chi connectivity index (χ0) is 9.84. The third kappa shape index (κ3) is 3.19. The topological polar surface area (TPSA) is 20.3 Å². The predicted octanol–water partition coefficient (Wildman–Crippen LogP) is 2.34. The third-order valence-corrected chi connectivity index (χ3v) is 3.12. The van der Waals surface area contributed by atoms with Gasteiger partial charge in [0.15, 0.2) is 0 Å². The summed E-state index contributed by atoms with van der Waals surface area (Å²) in [5.41, 5.74) is 0. The Morgan fingerprint density at radius 2 is 2.15 bits per heavy atom. The van der Waals surface area contributed by atoms with Crippen LogP contribution in [0.5, 0.6) is 0 Å². The first kappa shape index (κ1) is 10.3. The van der Waals surface area contributed by atoms with E-state index in [0.29, 0.717) is 6.42 Å². The van der Waals surface area contributed by atoms with E-state index in [1.54, 1.807) is 18.3 Å². The minimum atomic E-state index is 0.264. The van der Waals surface area contributed by atoms with Crippen molar-refractivity contribution < 1.29 is 4.79 Å². The monoisotopic (exact) mass is 197 g/mol. The molecule has 0 saturated carbocycles. The highest BCUT2D eigenvalue weighted by molar-refractivity contribution is 7.16. The van der Waals surface area contributed by atoms with Crippen molar-refractivity contribution in [3.05, 3.63) is 17.0 Å². The molecule has 72 valence electrons. The van der Waals surface area contributed by atoms with Crippen LogP contribution in [0.2, 0.25) is 0 Å². The van der Waals surface area contributed by atoms with E-state index in [1.165, 1.54) is 9.88 Å². The fraction of sp³-hybridized carbons (Fsp3) is 0.500. The van der Waals surface area contributed by atoms with Gasteiger partial charge in [-0.1, -0.05) is 0 Å². The van der Waals surface area contributed by atoms with Crippen molar-refractivity contribution in [2.45, 2.75) is 19.8 Å². The Morgan fingerprint density at radius 1 is 1.46 bits per heavy atom. The van der Waals surface area contributed by atoms with Gasteiger partial charge in [0.25, 0.3) is 0 Å². The predicted molar refractivity (Wildman–Crippen MR) is 57.6 cm³/mol. The Labute approximate surface area is 83.2 Å². The normalized spacial score (nSPS) is 10.1. The van der Waals surface area contributed by atoms with E-state index in [0.717, 1.165) is 6.42 Å². The molecule has 1 aromatic heterocycles. The highest BCUT2D eigenvalue weighted by Crippen LogP contribution is 2.24. The Bertz CT molecular complexity index is 291. The summed E-state index contributed by atoms with van der Waals surface area (Å²) >= 11 is 1.76. The molecular weight excluding hydrogens is 182 g/mol. The summed E-state index contributed by atoms with van der Waals surface area (Å²) in [6.45, 7) is 1.64. The zero-order valence-electron chi connectivity index (χ0n) is 8.33. The lowest BCUT2D eigenvalue weighted by atomic mass is 10.2. The van der Waals surface area contributed by atoms with E-state index >= 15 is 0 Å². The minimum Gasteiger partial charge on any atom is -0.370 e. The molecule has 0 aliphatic heterocycles. The Hall–Kier alpha value is -0.830. The van der Waals surface area contributed by atoms with Gasteiger partial charge in [0, 0.05) is 25.4 Å². The van der Waals surface area contributed by atoms with Gasteiger partial charge in [-0.3, -0.25) is 0 Å². The van der Waals surface area contributed by atoms with Gasteiger partial charge >= 0.3 is 0 Å². The first-order valence-corrected chi connectivity index (χ1v) is 5.16. The van der Waals surface area contributed by atoms with Crippen LogP contribution in [0.25, 0.3) is 0 Å². The van der Waals surface area contributed by atoms with Crippen molar-refractivity contribution in [1.29, 1.82) is 0 Å².